The Kier molecular flexibility index (Phi) is 7.07. The van der Waals surface area contributed by atoms with Crippen LogP contribution in [0.4, 0.5) is 0 Å². The van der Waals surface area contributed by atoms with E-state index in [9.17, 15) is 4.79 Å². The van der Waals surface area contributed by atoms with Gasteiger partial charge in [-0.05, 0) is 34.0 Å². The maximum Gasteiger partial charge on any atom is 0.272 e. The molecule has 2 heterocycles. The third-order valence-electron chi connectivity index (χ3n) is 6.48. The van der Waals surface area contributed by atoms with Crippen LogP contribution in [0.3, 0.4) is 0 Å². The van der Waals surface area contributed by atoms with E-state index >= 15 is 0 Å². The highest BCUT2D eigenvalue weighted by Crippen LogP contribution is 2.27. The number of amides is 1. The third-order valence-corrected chi connectivity index (χ3v) is 7.22. The van der Waals surface area contributed by atoms with Crippen LogP contribution in [-0.2, 0) is 32.6 Å². The molecule has 0 saturated carbocycles. The van der Waals surface area contributed by atoms with Crippen LogP contribution in [0.5, 0.6) is 0 Å². The fourth-order valence-corrected chi connectivity index (χ4v) is 5.09. The lowest BCUT2D eigenvalue weighted by Crippen LogP contribution is -2.32. The molecule has 35 heavy (non-hydrogen) atoms. The number of carbonyl (C=O) groups is 1. The fraction of sp³-hybridized carbons (Fsp3) is 0.259. The van der Waals surface area contributed by atoms with Crippen molar-refractivity contribution < 1.29 is 4.79 Å². The van der Waals surface area contributed by atoms with Crippen molar-refractivity contribution in [3.8, 4) is 0 Å². The summed E-state index contributed by atoms with van der Waals surface area (Å²) < 4.78 is 1.90. The van der Waals surface area contributed by atoms with Crippen LogP contribution in [0.1, 0.15) is 32.9 Å². The molecule has 4 aromatic rings. The van der Waals surface area contributed by atoms with Gasteiger partial charge in [0.05, 0.1) is 16.6 Å². The van der Waals surface area contributed by atoms with Crippen molar-refractivity contribution in [1.82, 2.24) is 20.0 Å². The number of halogens is 2. The van der Waals surface area contributed by atoms with Crippen molar-refractivity contribution in [2.45, 2.75) is 32.6 Å². The van der Waals surface area contributed by atoms with Crippen LogP contribution in [0.25, 0.3) is 10.8 Å². The number of carbonyl (C=O) groups excluding carboxylic acids is 1. The number of nitrogens with one attached hydrogen (secondary N) is 1. The Morgan fingerprint density at radius 3 is 2.71 bits per heavy atom. The van der Waals surface area contributed by atoms with Crippen molar-refractivity contribution in [2.75, 3.05) is 13.1 Å². The minimum absolute atomic E-state index is 0.165. The lowest BCUT2D eigenvalue weighted by atomic mass is 10.0. The van der Waals surface area contributed by atoms with Crippen LogP contribution in [0.15, 0.2) is 60.7 Å². The van der Waals surface area contributed by atoms with Crippen LogP contribution >= 0.6 is 23.2 Å². The molecular formula is C27H27Cl2N5O. The van der Waals surface area contributed by atoms with Crippen LogP contribution in [-0.4, -0.2) is 33.7 Å². The summed E-state index contributed by atoms with van der Waals surface area (Å²) in [5.41, 5.74) is 10.5. The van der Waals surface area contributed by atoms with E-state index in [2.05, 4.69) is 33.5 Å². The van der Waals surface area contributed by atoms with Gasteiger partial charge in [0, 0.05) is 50.4 Å². The highest BCUT2D eigenvalue weighted by Gasteiger charge is 2.28. The molecule has 0 fully saturated rings. The largest absolute Gasteiger partial charge is 0.347 e. The zero-order chi connectivity index (χ0) is 24.4. The molecule has 0 unspecified atom stereocenters. The Morgan fingerprint density at radius 2 is 1.89 bits per heavy atom. The smallest absolute Gasteiger partial charge is 0.272 e. The van der Waals surface area contributed by atoms with Crippen molar-refractivity contribution >= 4 is 39.9 Å². The normalized spacial score (nSPS) is 13.7. The maximum absolute atomic E-state index is 13.3. The molecule has 5 rings (SSSR count). The number of benzene rings is 3. The molecule has 0 bridgehead atoms. The van der Waals surface area contributed by atoms with Gasteiger partial charge in [-0.25, -0.2) is 0 Å². The third kappa shape index (κ3) is 5.07. The molecule has 0 atom stereocenters. The fourth-order valence-electron chi connectivity index (χ4n) is 4.77. The average Bonchev–Trinajstić information content (AvgIpc) is 3.23. The first kappa shape index (κ1) is 23.8. The second kappa shape index (κ2) is 10.4. The van der Waals surface area contributed by atoms with E-state index in [4.69, 9.17) is 28.9 Å². The number of aromatic nitrogens is 2. The zero-order valence-electron chi connectivity index (χ0n) is 19.3. The Bertz CT molecular complexity index is 1380. The van der Waals surface area contributed by atoms with E-state index in [0.29, 0.717) is 41.9 Å². The number of hydrogen-bond donors (Lipinski definition) is 2. The summed E-state index contributed by atoms with van der Waals surface area (Å²) >= 11 is 12.3. The predicted octanol–water partition coefficient (Wildman–Crippen LogP) is 4.79. The average molecular weight is 508 g/mol. The molecule has 1 amide bonds. The number of nitrogens with zero attached hydrogens (tertiary/aromatic N) is 3. The first-order valence-corrected chi connectivity index (χ1v) is 12.5. The molecule has 0 aliphatic carbocycles. The molecule has 1 aromatic heterocycles. The van der Waals surface area contributed by atoms with Gasteiger partial charge in [-0.3, -0.25) is 14.4 Å². The maximum atomic E-state index is 13.3. The highest BCUT2D eigenvalue weighted by molar-refractivity contribution is 6.42. The van der Waals surface area contributed by atoms with E-state index in [0.717, 1.165) is 52.7 Å². The molecule has 0 radical (unpaired) electrons. The monoisotopic (exact) mass is 507 g/mol. The van der Waals surface area contributed by atoms with Gasteiger partial charge >= 0.3 is 0 Å². The highest BCUT2D eigenvalue weighted by atomic mass is 35.5. The van der Waals surface area contributed by atoms with Gasteiger partial charge in [0.25, 0.3) is 5.91 Å². The van der Waals surface area contributed by atoms with E-state index in [1.54, 1.807) is 0 Å². The van der Waals surface area contributed by atoms with Crippen LogP contribution in [0, 0.1) is 0 Å². The standard InChI is InChI=1S/C27H27Cl2N5O/c28-23-9-8-18(14-24(23)29)16-33-12-10-25-22(17-33)26(32-34(25)13-11-30)27(35)31-15-20-6-3-5-19-4-1-2-7-21(19)20/h1-9,14H,10-13,15-17,30H2,(H,31,35). The summed E-state index contributed by atoms with van der Waals surface area (Å²) in [5, 5.41) is 11.2. The van der Waals surface area contributed by atoms with E-state index in [-0.39, 0.29) is 5.91 Å². The Balaban J connectivity index is 1.36. The quantitative estimate of drug-likeness (QED) is 0.377. The van der Waals surface area contributed by atoms with Gasteiger partial charge in [0.2, 0.25) is 0 Å². The van der Waals surface area contributed by atoms with Gasteiger partial charge in [-0.1, -0.05) is 71.7 Å². The van der Waals surface area contributed by atoms with Crippen molar-refractivity contribution in [3.63, 3.8) is 0 Å². The number of rotatable bonds is 7. The molecule has 1 aliphatic rings. The minimum atomic E-state index is -0.165. The van der Waals surface area contributed by atoms with E-state index in [1.165, 1.54) is 0 Å². The summed E-state index contributed by atoms with van der Waals surface area (Å²) in [5.74, 6) is -0.165. The Morgan fingerprint density at radius 1 is 1.06 bits per heavy atom. The molecule has 8 heteroatoms. The van der Waals surface area contributed by atoms with Gasteiger partial charge in [0.1, 0.15) is 0 Å². The van der Waals surface area contributed by atoms with Gasteiger partial charge in [0.15, 0.2) is 5.69 Å². The summed E-state index contributed by atoms with van der Waals surface area (Å²) in [6.45, 7) is 3.71. The molecule has 0 saturated heterocycles. The second-order valence-corrected chi connectivity index (χ2v) is 9.63. The lowest BCUT2D eigenvalue weighted by molar-refractivity contribution is 0.0943. The number of hydrogen-bond acceptors (Lipinski definition) is 4. The topological polar surface area (TPSA) is 76.2 Å². The lowest BCUT2D eigenvalue weighted by Gasteiger charge is -2.28. The zero-order valence-corrected chi connectivity index (χ0v) is 20.8. The van der Waals surface area contributed by atoms with Crippen molar-refractivity contribution in [1.29, 1.82) is 0 Å². The Labute approximate surface area is 214 Å². The van der Waals surface area contributed by atoms with Crippen molar-refractivity contribution in [3.05, 3.63) is 98.8 Å². The molecular weight excluding hydrogens is 481 g/mol. The van der Waals surface area contributed by atoms with Crippen LogP contribution in [0.2, 0.25) is 10.0 Å². The molecule has 3 aromatic carbocycles. The minimum Gasteiger partial charge on any atom is -0.347 e. The van der Waals surface area contributed by atoms with Crippen LogP contribution < -0.4 is 11.1 Å². The van der Waals surface area contributed by atoms with Gasteiger partial charge in [-0.2, -0.15) is 5.10 Å². The number of fused-ring (bicyclic) bond motifs is 2. The van der Waals surface area contributed by atoms with Crippen molar-refractivity contribution in [2.24, 2.45) is 5.73 Å². The SMILES string of the molecule is NCCn1nc(C(=O)NCc2cccc3ccccc23)c2c1CCN(Cc1ccc(Cl)c(Cl)c1)C2. The molecule has 3 N–H and O–H groups in total. The second-order valence-electron chi connectivity index (χ2n) is 8.82. The van der Waals surface area contributed by atoms with E-state index in [1.807, 2.05) is 47.1 Å². The molecule has 180 valence electrons. The Hall–Kier alpha value is -2.90. The van der Waals surface area contributed by atoms with Gasteiger partial charge in [-0.15, -0.1) is 0 Å². The molecule has 1 aliphatic heterocycles. The van der Waals surface area contributed by atoms with E-state index < -0.39 is 0 Å². The summed E-state index contributed by atoms with van der Waals surface area (Å²) in [6.07, 6.45) is 0.806. The molecule has 0 spiro atoms. The predicted molar refractivity (Wildman–Crippen MR) is 141 cm³/mol. The summed E-state index contributed by atoms with van der Waals surface area (Å²) in [4.78, 5) is 15.6. The van der Waals surface area contributed by atoms with Gasteiger partial charge < -0.3 is 11.1 Å². The summed E-state index contributed by atoms with van der Waals surface area (Å²) in [7, 11) is 0. The first-order chi connectivity index (χ1) is 17.0. The first-order valence-electron chi connectivity index (χ1n) is 11.7. The summed E-state index contributed by atoms with van der Waals surface area (Å²) in [6, 6.07) is 20.0. The molecule has 6 nitrogen and oxygen atoms in total. The number of nitrogens with two attached hydrogens (primary N) is 1.